The summed E-state index contributed by atoms with van der Waals surface area (Å²) in [6.07, 6.45) is 4.64. The minimum Gasteiger partial charge on any atom is -0.386 e. The largest absolute Gasteiger partial charge is 0.386 e. The summed E-state index contributed by atoms with van der Waals surface area (Å²) in [5.41, 5.74) is 0.883. The van der Waals surface area contributed by atoms with E-state index in [1.54, 1.807) is 24.1 Å². The Kier molecular flexibility index (Phi) is 2.92. The lowest BCUT2D eigenvalue weighted by molar-refractivity contribution is 0.586. The average Bonchev–Trinajstić information content (AvgIpc) is 2.47. The first kappa shape index (κ1) is 10.0. The first-order valence-electron chi connectivity index (χ1n) is 3.89. The van der Waals surface area contributed by atoms with Gasteiger partial charge in [0.25, 0.3) is 0 Å². The fourth-order valence-corrected chi connectivity index (χ4v) is 1.39. The van der Waals surface area contributed by atoms with Crippen LogP contribution in [0.3, 0.4) is 0 Å². The summed E-state index contributed by atoms with van der Waals surface area (Å²) >= 11 is 0. The molecule has 0 saturated heterocycles. The van der Waals surface area contributed by atoms with E-state index in [-0.39, 0.29) is 5.75 Å². The zero-order valence-corrected chi connectivity index (χ0v) is 8.50. The van der Waals surface area contributed by atoms with Crippen molar-refractivity contribution < 1.29 is 8.42 Å². The second-order valence-corrected chi connectivity index (χ2v) is 5.13. The summed E-state index contributed by atoms with van der Waals surface area (Å²) < 4.78 is 23.3. The van der Waals surface area contributed by atoms with Crippen LogP contribution < -0.4 is 5.32 Å². The van der Waals surface area contributed by atoms with Crippen molar-refractivity contribution in [2.24, 2.45) is 0 Å². The lowest BCUT2D eigenvalue weighted by Crippen LogP contribution is -2.11. The van der Waals surface area contributed by atoms with E-state index in [0.29, 0.717) is 6.54 Å². The highest BCUT2D eigenvalue weighted by atomic mass is 32.2. The number of nitrogens with zero attached hydrogens (tertiary/aromatic N) is 2. The molecule has 6 heteroatoms. The molecule has 13 heavy (non-hydrogen) atoms. The molecule has 0 spiro atoms. The number of sulfone groups is 1. The zero-order chi connectivity index (χ0) is 9.90. The van der Waals surface area contributed by atoms with Crippen molar-refractivity contribution in [2.75, 3.05) is 24.4 Å². The van der Waals surface area contributed by atoms with Gasteiger partial charge in [0.1, 0.15) is 9.84 Å². The molecule has 1 aromatic rings. The van der Waals surface area contributed by atoms with Gasteiger partial charge in [-0.05, 0) is 0 Å². The predicted molar refractivity (Wildman–Crippen MR) is 51.5 cm³/mol. The van der Waals surface area contributed by atoms with Crippen LogP contribution in [0.4, 0.5) is 5.69 Å². The van der Waals surface area contributed by atoms with E-state index < -0.39 is 9.84 Å². The first-order valence-corrected chi connectivity index (χ1v) is 5.95. The lowest BCUT2D eigenvalue weighted by Gasteiger charge is -1.98. The van der Waals surface area contributed by atoms with Crippen molar-refractivity contribution >= 4 is 15.5 Å². The zero-order valence-electron chi connectivity index (χ0n) is 7.69. The monoisotopic (exact) mass is 203 g/mol. The Morgan fingerprint density at radius 1 is 1.62 bits per heavy atom. The maximum atomic E-state index is 10.8. The van der Waals surface area contributed by atoms with Crippen LogP contribution in [-0.2, 0) is 16.4 Å². The summed E-state index contributed by atoms with van der Waals surface area (Å²) in [6.45, 7) is 0.403. The van der Waals surface area contributed by atoms with Crippen LogP contribution in [0.2, 0.25) is 0 Å². The van der Waals surface area contributed by atoms with Crippen LogP contribution >= 0.6 is 0 Å². The van der Waals surface area contributed by atoms with Gasteiger partial charge in [-0.25, -0.2) is 8.42 Å². The average molecular weight is 203 g/mol. The Labute approximate surface area is 77.7 Å². The Balaban J connectivity index is 2.55. The second-order valence-electron chi connectivity index (χ2n) is 2.87. The van der Waals surface area contributed by atoms with Crippen LogP contribution in [0.15, 0.2) is 12.4 Å². The number of hydrogen-bond acceptors (Lipinski definition) is 4. The number of aromatic nitrogens is 2. The van der Waals surface area contributed by atoms with Gasteiger partial charge >= 0.3 is 0 Å². The van der Waals surface area contributed by atoms with Crippen LogP contribution in [0, 0.1) is 0 Å². The van der Waals surface area contributed by atoms with Crippen molar-refractivity contribution in [1.82, 2.24) is 9.78 Å². The molecule has 1 heterocycles. The molecular formula is C7H13N3O2S. The van der Waals surface area contributed by atoms with Gasteiger partial charge in [0.15, 0.2) is 0 Å². The highest BCUT2D eigenvalue weighted by Crippen LogP contribution is 2.02. The Bertz CT molecular complexity index is 369. The van der Waals surface area contributed by atoms with Crippen LogP contribution in [0.1, 0.15) is 0 Å². The molecule has 0 unspecified atom stereocenters. The van der Waals surface area contributed by atoms with Crippen molar-refractivity contribution in [3.8, 4) is 0 Å². The van der Waals surface area contributed by atoms with Gasteiger partial charge in [-0.15, -0.1) is 0 Å². The van der Waals surface area contributed by atoms with Crippen molar-refractivity contribution in [3.63, 3.8) is 0 Å². The Hall–Kier alpha value is -1.04. The number of anilines is 1. The number of hydrogen-bond donors (Lipinski definition) is 1. The highest BCUT2D eigenvalue weighted by molar-refractivity contribution is 7.90. The van der Waals surface area contributed by atoms with E-state index >= 15 is 0 Å². The van der Waals surface area contributed by atoms with Crippen LogP contribution in [-0.4, -0.2) is 37.3 Å². The maximum absolute atomic E-state index is 10.8. The van der Waals surface area contributed by atoms with E-state index in [1.165, 1.54) is 6.26 Å². The smallest absolute Gasteiger partial charge is 0.149 e. The topological polar surface area (TPSA) is 64.0 Å². The molecule has 0 amide bonds. The molecular weight excluding hydrogens is 190 g/mol. The van der Waals surface area contributed by atoms with Gasteiger partial charge < -0.3 is 5.32 Å². The normalized spacial score (nSPS) is 11.5. The molecule has 0 aliphatic carbocycles. The van der Waals surface area contributed by atoms with E-state index in [9.17, 15) is 8.42 Å². The van der Waals surface area contributed by atoms with Gasteiger partial charge in [0.05, 0.1) is 24.2 Å². The molecule has 0 aromatic carbocycles. The Morgan fingerprint density at radius 2 is 2.31 bits per heavy atom. The molecule has 0 saturated carbocycles. The van der Waals surface area contributed by atoms with Gasteiger partial charge in [-0.1, -0.05) is 0 Å². The summed E-state index contributed by atoms with van der Waals surface area (Å²) in [6, 6.07) is 0. The van der Waals surface area contributed by atoms with Crippen molar-refractivity contribution in [3.05, 3.63) is 12.4 Å². The van der Waals surface area contributed by atoms with Gasteiger partial charge in [-0.3, -0.25) is 4.68 Å². The van der Waals surface area contributed by atoms with E-state index in [4.69, 9.17) is 0 Å². The molecule has 0 radical (unpaired) electrons. The molecule has 1 rings (SSSR count). The van der Waals surface area contributed by atoms with Gasteiger partial charge in [0, 0.05) is 19.5 Å². The van der Waals surface area contributed by atoms with E-state index in [1.807, 2.05) is 0 Å². The minimum atomic E-state index is -2.90. The standard InChI is InChI=1S/C7H13N3O2S/c1-8-7-5-9-10(6-7)3-4-13(2,11)12/h5-6,8H,3-4H2,1-2H3. The fraction of sp³-hybridized carbons (Fsp3) is 0.571. The third-order valence-electron chi connectivity index (χ3n) is 1.61. The third-order valence-corrected chi connectivity index (χ3v) is 2.54. The van der Waals surface area contributed by atoms with Gasteiger partial charge in [-0.2, -0.15) is 5.10 Å². The second kappa shape index (κ2) is 3.78. The number of nitrogens with one attached hydrogen (secondary N) is 1. The highest BCUT2D eigenvalue weighted by Gasteiger charge is 2.03. The molecule has 0 atom stereocenters. The molecule has 1 aromatic heterocycles. The molecule has 0 aliphatic heterocycles. The molecule has 0 aliphatic rings. The molecule has 0 bridgehead atoms. The van der Waals surface area contributed by atoms with Crippen molar-refractivity contribution in [1.29, 1.82) is 0 Å². The number of aryl methyl sites for hydroxylation is 1. The first-order chi connectivity index (χ1) is 6.01. The predicted octanol–water partition coefficient (Wildman–Crippen LogP) is -0.0306. The van der Waals surface area contributed by atoms with Crippen LogP contribution in [0.5, 0.6) is 0 Å². The summed E-state index contributed by atoms with van der Waals surface area (Å²) in [5, 5.41) is 6.89. The van der Waals surface area contributed by atoms with Gasteiger partial charge in [0.2, 0.25) is 0 Å². The van der Waals surface area contributed by atoms with E-state index in [0.717, 1.165) is 5.69 Å². The van der Waals surface area contributed by atoms with Crippen molar-refractivity contribution in [2.45, 2.75) is 6.54 Å². The maximum Gasteiger partial charge on any atom is 0.149 e. The SMILES string of the molecule is CNc1cnn(CCS(C)(=O)=O)c1. The molecule has 5 nitrogen and oxygen atoms in total. The Morgan fingerprint density at radius 3 is 2.77 bits per heavy atom. The summed E-state index contributed by atoms with van der Waals surface area (Å²) in [5.74, 6) is 0.123. The van der Waals surface area contributed by atoms with E-state index in [2.05, 4.69) is 10.4 Å². The summed E-state index contributed by atoms with van der Waals surface area (Å²) in [4.78, 5) is 0. The minimum absolute atomic E-state index is 0.123. The third kappa shape index (κ3) is 3.45. The molecule has 0 fully saturated rings. The summed E-state index contributed by atoms with van der Waals surface area (Å²) in [7, 11) is -1.11. The molecule has 1 N–H and O–H groups in total. The number of rotatable bonds is 4. The fourth-order valence-electron chi connectivity index (χ4n) is 0.874. The quantitative estimate of drug-likeness (QED) is 0.746. The molecule has 74 valence electrons. The van der Waals surface area contributed by atoms with Crippen LogP contribution in [0.25, 0.3) is 0 Å². The lowest BCUT2D eigenvalue weighted by atomic mass is 10.6.